The van der Waals surface area contributed by atoms with Crippen molar-refractivity contribution in [3.63, 3.8) is 0 Å². The lowest BCUT2D eigenvalue weighted by atomic mass is 10.0. The minimum absolute atomic E-state index is 0. The molecular formula is C33H36Cl2N4O2. The molecule has 5 aromatic rings. The molecule has 6 nitrogen and oxygen atoms in total. The second-order valence-electron chi connectivity index (χ2n) is 10.3. The van der Waals surface area contributed by atoms with Gasteiger partial charge in [0.2, 0.25) is 0 Å². The van der Waals surface area contributed by atoms with E-state index in [4.69, 9.17) is 9.47 Å². The summed E-state index contributed by atoms with van der Waals surface area (Å²) in [6.07, 6.45) is 2.12. The smallest absolute Gasteiger partial charge is 0.156 e. The molecule has 0 unspecified atom stereocenters. The topological polar surface area (TPSA) is 59.5 Å². The van der Waals surface area contributed by atoms with E-state index >= 15 is 0 Å². The molecule has 0 bridgehead atoms. The van der Waals surface area contributed by atoms with Gasteiger partial charge in [-0.2, -0.15) is 5.10 Å². The van der Waals surface area contributed by atoms with Crippen molar-refractivity contribution in [2.24, 2.45) is 0 Å². The lowest BCUT2D eigenvalue weighted by Gasteiger charge is -2.32. The van der Waals surface area contributed by atoms with Crippen molar-refractivity contribution in [2.75, 3.05) is 25.5 Å². The minimum atomic E-state index is 0. The van der Waals surface area contributed by atoms with Crippen LogP contribution in [0.15, 0.2) is 91.0 Å². The number of piperidine rings is 1. The maximum Gasteiger partial charge on any atom is 0.156 e. The summed E-state index contributed by atoms with van der Waals surface area (Å²) in [4.78, 5) is 2.54. The number of nitrogens with zero attached hydrogens (tertiary/aromatic N) is 3. The second kappa shape index (κ2) is 14.5. The van der Waals surface area contributed by atoms with Gasteiger partial charge in [-0.15, -0.1) is 29.9 Å². The van der Waals surface area contributed by atoms with E-state index in [1.54, 1.807) is 7.11 Å². The first-order valence-electron chi connectivity index (χ1n) is 13.7. The fourth-order valence-electron chi connectivity index (χ4n) is 5.39. The summed E-state index contributed by atoms with van der Waals surface area (Å²) in [5.74, 6) is 1.61. The summed E-state index contributed by atoms with van der Waals surface area (Å²) in [7, 11) is 1.69. The van der Waals surface area contributed by atoms with Crippen LogP contribution in [-0.4, -0.2) is 41.3 Å². The van der Waals surface area contributed by atoms with Crippen LogP contribution < -0.4 is 10.1 Å². The first-order chi connectivity index (χ1) is 19.2. The van der Waals surface area contributed by atoms with Crippen LogP contribution in [-0.2, 0) is 24.5 Å². The molecule has 41 heavy (non-hydrogen) atoms. The zero-order valence-electron chi connectivity index (χ0n) is 23.2. The SMILES string of the molecule is COc1ccc2c(COCc3ccccc3)nnc(NC3CCN(Cc4ccc5ccccc5c4)CC3)c2c1.Cl.Cl. The Morgan fingerprint density at radius 3 is 2.29 bits per heavy atom. The van der Waals surface area contributed by atoms with Gasteiger partial charge in [-0.05, 0) is 59.0 Å². The van der Waals surface area contributed by atoms with Gasteiger partial charge in [0.05, 0.1) is 26.0 Å². The largest absolute Gasteiger partial charge is 0.497 e. The van der Waals surface area contributed by atoms with Crippen LogP contribution in [0.5, 0.6) is 5.75 Å². The highest BCUT2D eigenvalue weighted by molar-refractivity contribution is 5.94. The first kappa shape index (κ1) is 30.5. The van der Waals surface area contributed by atoms with Crippen molar-refractivity contribution >= 4 is 52.2 Å². The number of anilines is 1. The van der Waals surface area contributed by atoms with Crippen LogP contribution in [0.1, 0.15) is 29.7 Å². The molecule has 0 aliphatic carbocycles. The van der Waals surface area contributed by atoms with Gasteiger partial charge in [0, 0.05) is 36.4 Å². The van der Waals surface area contributed by atoms with Gasteiger partial charge in [0.25, 0.3) is 0 Å². The Bertz CT molecular complexity index is 1560. The predicted octanol–water partition coefficient (Wildman–Crippen LogP) is 7.43. The number of halogens is 2. The molecule has 1 aliphatic rings. The number of likely N-dealkylation sites (tertiary alicyclic amines) is 1. The van der Waals surface area contributed by atoms with Crippen LogP contribution in [0.4, 0.5) is 5.82 Å². The average Bonchev–Trinajstić information content (AvgIpc) is 2.99. The molecule has 1 fully saturated rings. The van der Waals surface area contributed by atoms with Crippen molar-refractivity contribution < 1.29 is 9.47 Å². The number of methoxy groups -OCH3 is 1. The molecule has 1 aliphatic heterocycles. The molecule has 1 aromatic heterocycles. The Hall–Kier alpha value is -3.42. The van der Waals surface area contributed by atoms with Gasteiger partial charge in [0.15, 0.2) is 5.82 Å². The van der Waals surface area contributed by atoms with Crippen LogP contribution in [0.3, 0.4) is 0 Å². The summed E-state index contributed by atoms with van der Waals surface area (Å²) in [5.41, 5.74) is 3.34. The van der Waals surface area contributed by atoms with E-state index in [2.05, 4.69) is 81.1 Å². The zero-order chi connectivity index (χ0) is 26.4. The number of hydrogen-bond acceptors (Lipinski definition) is 6. The summed E-state index contributed by atoms with van der Waals surface area (Å²) in [6, 6.07) is 32.0. The number of ether oxygens (including phenoxy) is 2. The number of nitrogens with one attached hydrogen (secondary N) is 1. The zero-order valence-corrected chi connectivity index (χ0v) is 24.8. The Labute approximate surface area is 253 Å². The van der Waals surface area contributed by atoms with Crippen molar-refractivity contribution in [1.29, 1.82) is 0 Å². The lowest BCUT2D eigenvalue weighted by Crippen LogP contribution is -2.38. The van der Waals surface area contributed by atoms with E-state index < -0.39 is 0 Å². The maximum absolute atomic E-state index is 5.98. The Kier molecular flexibility index (Phi) is 10.8. The van der Waals surface area contributed by atoms with Crippen LogP contribution in [0.2, 0.25) is 0 Å². The van der Waals surface area contributed by atoms with Crippen molar-refractivity contribution in [1.82, 2.24) is 15.1 Å². The third kappa shape index (κ3) is 7.46. The highest BCUT2D eigenvalue weighted by Crippen LogP contribution is 2.29. The third-order valence-corrected chi connectivity index (χ3v) is 7.56. The fraction of sp³-hybridized carbons (Fsp3) is 0.273. The quantitative estimate of drug-likeness (QED) is 0.192. The second-order valence-corrected chi connectivity index (χ2v) is 10.3. The summed E-state index contributed by atoms with van der Waals surface area (Å²) in [5, 5.41) is 17.5. The van der Waals surface area contributed by atoms with E-state index in [9.17, 15) is 0 Å². The number of fused-ring (bicyclic) bond motifs is 2. The van der Waals surface area contributed by atoms with E-state index in [1.807, 2.05) is 30.3 Å². The standard InChI is InChI=1S/C33H34N4O2.2ClH/c1-38-29-13-14-30-31(20-29)33(36-35-32(30)23-39-22-24-7-3-2-4-8-24)34-28-15-17-37(18-16-28)21-25-11-12-26-9-5-6-10-27(26)19-25;;/h2-14,19-20,28H,15-18,21-23H2,1H3,(H,34,36);2*1H. The van der Waals surface area contributed by atoms with Crippen molar-refractivity contribution in [3.8, 4) is 5.75 Å². The van der Waals surface area contributed by atoms with E-state index in [0.29, 0.717) is 19.3 Å². The molecule has 0 amide bonds. The summed E-state index contributed by atoms with van der Waals surface area (Å²) in [6.45, 7) is 4.01. The molecule has 0 spiro atoms. The molecule has 2 heterocycles. The van der Waals surface area contributed by atoms with E-state index in [1.165, 1.54) is 16.3 Å². The van der Waals surface area contributed by atoms with E-state index in [-0.39, 0.29) is 24.8 Å². The lowest BCUT2D eigenvalue weighted by molar-refractivity contribution is 0.105. The molecule has 4 aromatic carbocycles. The molecule has 1 saturated heterocycles. The van der Waals surface area contributed by atoms with Crippen molar-refractivity contribution in [3.05, 3.63) is 108 Å². The van der Waals surface area contributed by atoms with Crippen molar-refractivity contribution in [2.45, 2.75) is 38.6 Å². The fourth-order valence-corrected chi connectivity index (χ4v) is 5.39. The number of hydrogen-bond donors (Lipinski definition) is 1. The molecule has 214 valence electrons. The molecular weight excluding hydrogens is 555 g/mol. The number of rotatable bonds is 9. The minimum Gasteiger partial charge on any atom is -0.497 e. The molecule has 0 saturated carbocycles. The number of aromatic nitrogens is 2. The van der Waals surface area contributed by atoms with Crippen LogP contribution in [0.25, 0.3) is 21.5 Å². The maximum atomic E-state index is 5.98. The number of benzene rings is 4. The molecule has 0 atom stereocenters. The predicted molar refractivity (Wildman–Crippen MR) is 171 cm³/mol. The van der Waals surface area contributed by atoms with Crippen LogP contribution in [0, 0.1) is 0 Å². The summed E-state index contributed by atoms with van der Waals surface area (Å²) >= 11 is 0. The van der Waals surface area contributed by atoms with E-state index in [0.717, 1.165) is 66.1 Å². The normalized spacial score (nSPS) is 13.9. The first-order valence-corrected chi connectivity index (χ1v) is 13.7. The van der Waals surface area contributed by atoms with Gasteiger partial charge in [-0.1, -0.05) is 66.7 Å². The molecule has 6 rings (SSSR count). The summed E-state index contributed by atoms with van der Waals surface area (Å²) < 4.78 is 11.5. The molecule has 8 heteroatoms. The Morgan fingerprint density at radius 2 is 1.51 bits per heavy atom. The third-order valence-electron chi connectivity index (χ3n) is 7.56. The Balaban J connectivity index is 0.00000194. The highest BCUT2D eigenvalue weighted by atomic mass is 35.5. The van der Waals surface area contributed by atoms with Gasteiger partial charge < -0.3 is 14.8 Å². The molecule has 1 N–H and O–H groups in total. The van der Waals surface area contributed by atoms with Gasteiger partial charge in [-0.3, -0.25) is 4.90 Å². The van der Waals surface area contributed by atoms with Crippen LogP contribution >= 0.6 is 24.8 Å². The van der Waals surface area contributed by atoms with Gasteiger partial charge >= 0.3 is 0 Å². The Morgan fingerprint density at radius 1 is 0.756 bits per heavy atom. The monoisotopic (exact) mass is 590 g/mol. The van der Waals surface area contributed by atoms with Gasteiger partial charge in [0.1, 0.15) is 5.75 Å². The molecule has 0 radical (unpaired) electrons. The van der Waals surface area contributed by atoms with Gasteiger partial charge in [-0.25, -0.2) is 0 Å². The highest BCUT2D eigenvalue weighted by Gasteiger charge is 2.21. The average molecular weight is 592 g/mol.